The summed E-state index contributed by atoms with van der Waals surface area (Å²) in [5.74, 6) is 0.119. The number of rotatable bonds is 2. The number of aromatic nitrogens is 1. The van der Waals surface area contributed by atoms with Crippen LogP contribution in [0, 0.1) is 6.92 Å². The van der Waals surface area contributed by atoms with Crippen LogP contribution in [0.2, 0.25) is 0 Å². The number of nitrogens with one attached hydrogen (secondary N) is 2. The van der Waals surface area contributed by atoms with E-state index in [1.54, 1.807) is 6.20 Å². The summed E-state index contributed by atoms with van der Waals surface area (Å²) in [6.45, 7) is 2.66. The van der Waals surface area contributed by atoms with E-state index in [4.69, 9.17) is 0 Å². The van der Waals surface area contributed by atoms with E-state index in [2.05, 4.69) is 15.6 Å². The van der Waals surface area contributed by atoms with Crippen LogP contribution in [-0.2, 0) is 4.79 Å². The number of carbonyl (C=O) groups excluding carboxylic acids is 1. The van der Waals surface area contributed by atoms with Crippen molar-refractivity contribution in [3.63, 3.8) is 0 Å². The van der Waals surface area contributed by atoms with Crippen molar-refractivity contribution in [3.8, 4) is 0 Å². The van der Waals surface area contributed by atoms with Crippen molar-refractivity contribution in [2.24, 2.45) is 0 Å². The van der Waals surface area contributed by atoms with Crippen molar-refractivity contribution in [2.75, 3.05) is 11.9 Å². The van der Waals surface area contributed by atoms with Crippen molar-refractivity contribution >= 4 is 11.6 Å². The van der Waals surface area contributed by atoms with Gasteiger partial charge in [0.1, 0.15) is 0 Å². The molecule has 1 aliphatic rings. The Balaban J connectivity index is 2.00. The summed E-state index contributed by atoms with van der Waals surface area (Å²) in [7, 11) is 0. The summed E-state index contributed by atoms with van der Waals surface area (Å²) in [6, 6.07) is 4.10. The van der Waals surface area contributed by atoms with E-state index in [1.165, 1.54) is 0 Å². The maximum absolute atomic E-state index is 10.9. The molecule has 1 atom stereocenters. The third-order valence-electron chi connectivity index (χ3n) is 2.24. The van der Waals surface area contributed by atoms with Crippen LogP contribution in [0.1, 0.15) is 12.1 Å². The van der Waals surface area contributed by atoms with Crippen molar-refractivity contribution in [2.45, 2.75) is 19.4 Å². The molecule has 1 amide bonds. The van der Waals surface area contributed by atoms with Gasteiger partial charge in [-0.1, -0.05) is 0 Å². The van der Waals surface area contributed by atoms with Crippen LogP contribution in [0.4, 0.5) is 5.69 Å². The lowest BCUT2D eigenvalue weighted by molar-refractivity contribution is -0.119. The number of pyridine rings is 1. The molecule has 2 heterocycles. The van der Waals surface area contributed by atoms with Crippen molar-refractivity contribution < 1.29 is 4.79 Å². The first-order valence-corrected chi connectivity index (χ1v) is 4.70. The average Bonchev–Trinajstić information content (AvgIpc) is 2.51. The normalized spacial score (nSPS) is 20.6. The topological polar surface area (TPSA) is 54.0 Å². The SMILES string of the molecule is Cc1cc(NC2CNC(=O)C2)ccn1. The molecule has 0 bridgehead atoms. The van der Waals surface area contributed by atoms with Crippen LogP contribution in [0.3, 0.4) is 0 Å². The fourth-order valence-electron chi connectivity index (χ4n) is 1.58. The third-order valence-corrected chi connectivity index (χ3v) is 2.24. The summed E-state index contributed by atoms with van der Waals surface area (Å²) in [5.41, 5.74) is 2.01. The second-order valence-corrected chi connectivity index (χ2v) is 3.54. The molecule has 1 aromatic rings. The first-order chi connectivity index (χ1) is 6.74. The van der Waals surface area contributed by atoms with Gasteiger partial charge in [0, 0.05) is 30.5 Å². The summed E-state index contributed by atoms with van der Waals surface area (Å²) < 4.78 is 0. The monoisotopic (exact) mass is 191 g/mol. The van der Waals surface area contributed by atoms with Crippen LogP contribution >= 0.6 is 0 Å². The maximum Gasteiger partial charge on any atom is 0.222 e. The van der Waals surface area contributed by atoms with Gasteiger partial charge in [0.15, 0.2) is 0 Å². The molecule has 1 aliphatic heterocycles. The van der Waals surface area contributed by atoms with Gasteiger partial charge in [-0.05, 0) is 19.1 Å². The Morgan fingerprint density at radius 1 is 1.64 bits per heavy atom. The van der Waals surface area contributed by atoms with Crippen molar-refractivity contribution in [1.29, 1.82) is 0 Å². The van der Waals surface area contributed by atoms with Gasteiger partial charge in [0.25, 0.3) is 0 Å². The Morgan fingerprint density at radius 3 is 3.14 bits per heavy atom. The fourth-order valence-corrected chi connectivity index (χ4v) is 1.58. The van der Waals surface area contributed by atoms with Crippen molar-refractivity contribution in [3.05, 3.63) is 24.0 Å². The highest BCUT2D eigenvalue weighted by atomic mass is 16.1. The minimum atomic E-state index is 0.119. The molecule has 0 saturated carbocycles. The number of anilines is 1. The Kier molecular flexibility index (Phi) is 2.35. The molecule has 0 radical (unpaired) electrons. The van der Waals surface area contributed by atoms with Gasteiger partial charge < -0.3 is 10.6 Å². The second kappa shape index (κ2) is 3.65. The highest BCUT2D eigenvalue weighted by Crippen LogP contribution is 2.11. The molecule has 0 aromatic carbocycles. The highest BCUT2D eigenvalue weighted by Gasteiger charge is 2.20. The number of nitrogens with zero attached hydrogens (tertiary/aromatic N) is 1. The molecule has 1 aromatic heterocycles. The predicted molar refractivity (Wildman–Crippen MR) is 54.0 cm³/mol. The van der Waals surface area contributed by atoms with Gasteiger partial charge in [-0.25, -0.2) is 0 Å². The van der Waals surface area contributed by atoms with E-state index in [-0.39, 0.29) is 11.9 Å². The van der Waals surface area contributed by atoms with E-state index < -0.39 is 0 Å². The van der Waals surface area contributed by atoms with Gasteiger partial charge in [-0.15, -0.1) is 0 Å². The Bertz CT molecular complexity index is 351. The van der Waals surface area contributed by atoms with Crippen LogP contribution in [-0.4, -0.2) is 23.5 Å². The molecule has 1 fully saturated rings. The molecule has 2 N–H and O–H groups in total. The van der Waals surface area contributed by atoms with E-state index in [0.29, 0.717) is 13.0 Å². The fraction of sp³-hybridized carbons (Fsp3) is 0.400. The molecule has 4 heteroatoms. The molecule has 0 aliphatic carbocycles. The first-order valence-electron chi connectivity index (χ1n) is 4.70. The minimum Gasteiger partial charge on any atom is -0.380 e. The highest BCUT2D eigenvalue weighted by molar-refractivity contribution is 5.79. The summed E-state index contributed by atoms with van der Waals surface area (Å²) >= 11 is 0. The average molecular weight is 191 g/mol. The van der Waals surface area contributed by atoms with Gasteiger partial charge in [-0.3, -0.25) is 9.78 Å². The standard InChI is InChI=1S/C10H13N3O/c1-7-4-8(2-3-11-7)13-9-5-10(14)12-6-9/h2-4,9H,5-6H2,1H3,(H,11,13)(H,12,14). The number of aryl methyl sites for hydroxylation is 1. The third kappa shape index (κ3) is 2.02. The summed E-state index contributed by atoms with van der Waals surface area (Å²) in [6.07, 6.45) is 2.32. The molecular weight excluding hydrogens is 178 g/mol. The zero-order chi connectivity index (χ0) is 9.97. The van der Waals surface area contributed by atoms with Crippen LogP contribution < -0.4 is 10.6 Å². The number of amides is 1. The molecule has 2 rings (SSSR count). The number of hydrogen-bond acceptors (Lipinski definition) is 3. The van der Waals surface area contributed by atoms with Gasteiger partial charge in [0.05, 0.1) is 6.04 Å². The molecule has 14 heavy (non-hydrogen) atoms. The largest absolute Gasteiger partial charge is 0.380 e. The van der Waals surface area contributed by atoms with E-state index in [9.17, 15) is 4.79 Å². The molecule has 4 nitrogen and oxygen atoms in total. The van der Waals surface area contributed by atoms with Gasteiger partial charge in [-0.2, -0.15) is 0 Å². The smallest absolute Gasteiger partial charge is 0.222 e. The Morgan fingerprint density at radius 2 is 2.50 bits per heavy atom. The predicted octanol–water partition coefficient (Wildman–Crippen LogP) is 0.690. The Hall–Kier alpha value is -1.58. The lowest BCUT2D eigenvalue weighted by Crippen LogP contribution is -2.22. The summed E-state index contributed by atoms with van der Waals surface area (Å²) in [4.78, 5) is 15.1. The number of hydrogen-bond donors (Lipinski definition) is 2. The van der Waals surface area contributed by atoms with Crippen LogP contribution in [0.15, 0.2) is 18.3 Å². The second-order valence-electron chi connectivity index (χ2n) is 3.54. The molecule has 74 valence electrons. The lowest BCUT2D eigenvalue weighted by Gasteiger charge is -2.11. The molecule has 1 saturated heterocycles. The van der Waals surface area contributed by atoms with Gasteiger partial charge in [0.2, 0.25) is 5.91 Å². The van der Waals surface area contributed by atoms with E-state index in [1.807, 2.05) is 19.1 Å². The maximum atomic E-state index is 10.9. The quantitative estimate of drug-likeness (QED) is 0.723. The molecular formula is C10H13N3O. The van der Waals surface area contributed by atoms with Crippen LogP contribution in [0.5, 0.6) is 0 Å². The molecule has 0 spiro atoms. The lowest BCUT2D eigenvalue weighted by atomic mass is 10.2. The Labute approximate surface area is 82.7 Å². The summed E-state index contributed by atoms with van der Waals surface area (Å²) in [5, 5.41) is 6.08. The first kappa shape index (κ1) is 8.99. The van der Waals surface area contributed by atoms with E-state index >= 15 is 0 Å². The van der Waals surface area contributed by atoms with Crippen LogP contribution in [0.25, 0.3) is 0 Å². The number of carbonyl (C=O) groups is 1. The van der Waals surface area contributed by atoms with Crippen molar-refractivity contribution in [1.82, 2.24) is 10.3 Å². The van der Waals surface area contributed by atoms with Gasteiger partial charge >= 0.3 is 0 Å². The zero-order valence-corrected chi connectivity index (χ0v) is 8.08. The zero-order valence-electron chi connectivity index (χ0n) is 8.08. The molecule has 1 unspecified atom stereocenters. The van der Waals surface area contributed by atoms with E-state index in [0.717, 1.165) is 11.4 Å². The minimum absolute atomic E-state index is 0.119.